The van der Waals surface area contributed by atoms with Gasteiger partial charge >= 0.3 is 5.97 Å². The molecule has 0 spiro atoms. The maximum absolute atomic E-state index is 12.2. The fourth-order valence-electron chi connectivity index (χ4n) is 3.31. The van der Waals surface area contributed by atoms with Gasteiger partial charge in [0.25, 0.3) is 11.5 Å². The second-order valence-corrected chi connectivity index (χ2v) is 7.27. The lowest BCUT2D eigenvalue weighted by atomic mass is 9.97. The number of aromatic amines is 1. The number of hydrogen-bond acceptors (Lipinski definition) is 5. The van der Waals surface area contributed by atoms with Crippen molar-refractivity contribution < 1.29 is 14.3 Å². The van der Waals surface area contributed by atoms with Crippen LogP contribution in [0, 0.1) is 25.2 Å². The van der Waals surface area contributed by atoms with Crippen molar-refractivity contribution in [3.05, 3.63) is 62.6 Å². The highest BCUT2D eigenvalue weighted by atomic mass is 16.5. The number of amides is 1. The van der Waals surface area contributed by atoms with Crippen LogP contribution in [-0.4, -0.2) is 23.5 Å². The van der Waals surface area contributed by atoms with Gasteiger partial charge in [-0.1, -0.05) is 32.0 Å². The van der Waals surface area contributed by atoms with Gasteiger partial charge in [0, 0.05) is 17.8 Å². The van der Waals surface area contributed by atoms with Gasteiger partial charge in [-0.25, -0.2) is 0 Å². The molecule has 2 N–H and O–H groups in total. The zero-order valence-corrected chi connectivity index (χ0v) is 17.8. The predicted molar refractivity (Wildman–Crippen MR) is 114 cm³/mol. The molecule has 1 heterocycles. The van der Waals surface area contributed by atoms with E-state index in [1.807, 2.05) is 30.3 Å². The van der Waals surface area contributed by atoms with Crippen molar-refractivity contribution >= 4 is 17.6 Å². The Morgan fingerprint density at radius 1 is 1.27 bits per heavy atom. The van der Waals surface area contributed by atoms with Crippen molar-refractivity contribution in [3.8, 4) is 6.07 Å². The monoisotopic (exact) mass is 409 g/mol. The number of pyridine rings is 1. The van der Waals surface area contributed by atoms with Crippen molar-refractivity contribution in [1.82, 2.24) is 4.98 Å². The Labute approximate surface area is 176 Å². The van der Waals surface area contributed by atoms with Gasteiger partial charge in [-0.3, -0.25) is 14.4 Å². The summed E-state index contributed by atoms with van der Waals surface area (Å²) in [6.07, 6.45) is 1.29. The number of anilines is 1. The van der Waals surface area contributed by atoms with Crippen LogP contribution in [0.25, 0.3) is 0 Å². The molecule has 1 amide bonds. The summed E-state index contributed by atoms with van der Waals surface area (Å²) in [5, 5.41) is 11.9. The Morgan fingerprint density at radius 2 is 1.97 bits per heavy atom. The van der Waals surface area contributed by atoms with Gasteiger partial charge < -0.3 is 15.0 Å². The molecule has 7 nitrogen and oxygen atoms in total. The van der Waals surface area contributed by atoms with Crippen LogP contribution in [-0.2, 0) is 20.7 Å². The van der Waals surface area contributed by atoms with Gasteiger partial charge in [-0.2, -0.15) is 5.26 Å². The number of nitrogens with zero attached hydrogens (tertiary/aromatic N) is 1. The number of para-hydroxylation sites is 1. The van der Waals surface area contributed by atoms with E-state index in [9.17, 15) is 14.4 Å². The minimum absolute atomic E-state index is 0.0370. The third kappa shape index (κ3) is 5.57. The number of carbonyl (C=O) groups excluding carboxylic acids is 2. The summed E-state index contributed by atoms with van der Waals surface area (Å²) in [5.41, 5.74) is 3.27. The lowest BCUT2D eigenvalue weighted by Gasteiger charge is -2.15. The van der Waals surface area contributed by atoms with Crippen LogP contribution in [0.1, 0.15) is 60.6 Å². The van der Waals surface area contributed by atoms with Gasteiger partial charge in [-0.05, 0) is 55.4 Å². The number of ether oxygens (including phenoxy) is 1. The molecule has 0 aliphatic rings. The second kappa shape index (κ2) is 10.4. The number of nitrogens with one attached hydrogen (secondary N) is 2. The van der Waals surface area contributed by atoms with Crippen LogP contribution >= 0.6 is 0 Å². The van der Waals surface area contributed by atoms with Gasteiger partial charge in [-0.15, -0.1) is 0 Å². The molecule has 2 rings (SSSR count). The van der Waals surface area contributed by atoms with Crippen LogP contribution in [0.2, 0.25) is 0 Å². The van der Waals surface area contributed by atoms with E-state index in [1.54, 1.807) is 13.8 Å². The molecule has 0 bridgehead atoms. The quantitative estimate of drug-likeness (QED) is 0.648. The van der Waals surface area contributed by atoms with E-state index in [0.29, 0.717) is 23.6 Å². The first-order chi connectivity index (χ1) is 14.3. The van der Waals surface area contributed by atoms with Gasteiger partial charge in [0.05, 0.1) is 0 Å². The molecule has 1 atom stereocenters. The second-order valence-electron chi connectivity index (χ2n) is 7.27. The van der Waals surface area contributed by atoms with Crippen LogP contribution in [0.4, 0.5) is 5.69 Å². The molecular formula is C23H27N3O4. The molecule has 0 unspecified atom stereocenters. The fraction of sp³-hybridized carbons (Fsp3) is 0.391. The lowest BCUT2D eigenvalue weighted by molar-refractivity contribution is -0.147. The largest absolute Gasteiger partial charge is 0.456 e. The molecule has 0 saturated carbocycles. The normalized spacial score (nSPS) is 11.4. The fourth-order valence-corrected chi connectivity index (χ4v) is 3.31. The number of carbonyl (C=O) groups is 2. The molecule has 0 aliphatic carbocycles. The molecule has 1 aromatic carbocycles. The molecule has 1 aromatic heterocycles. The Morgan fingerprint density at radius 3 is 2.63 bits per heavy atom. The third-order valence-electron chi connectivity index (χ3n) is 5.24. The summed E-state index contributed by atoms with van der Waals surface area (Å²) >= 11 is 0. The number of aryl methyl sites for hydroxylation is 1. The highest BCUT2D eigenvalue weighted by Crippen LogP contribution is 2.26. The Bertz CT molecular complexity index is 1030. The lowest BCUT2D eigenvalue weighted by Crippen LogP contribution is -2.22. The number of hydrogen-bond donors (Lipinski definition) is 2. The number of esters is 1. The predicted octanol–water partition coefficient (Wildman–Crippen LogP) is 3.49. The zero-order chi connectivity index (χ0) is 22.3. The van der Waals surface area contributed by atoms with Crippen molar-refractivity contribution in [2.75, 3.05) is 11.9 Å². The van der Waals surface area contributed by atoms with Crippen LogP contribution in [0.5, 0.6) is 0 Å². The summed E-state index contributed by atoms with van der Waals surface area (Å²) < 4.78 is 5.10. The molecular weight excluding hydrogens is 382 g/mol. The number of benzene rings is 1. The van der Waals surface area contributed by atoms with Crippen molar-refractivity contribution in [3.63, 3.8) is 0 Å². The smallest absolute Gasteiger partial charge is 0.306 e. The molecule has 0 fully saturated rings. The Hall–Kier alpha value is -3.40. The highest BCUT2D eigenvalue weighted by molar-refractivity contribution is 5.93. The van der Waals surface area contributed by atoms with Gasteiger partial charge in [0.2, 0.25) is 0 Å². The van der Waals surface area contributed by atoms with Crippen LogP contribution < -0.4 is 10.9 Å². The van der Waals surface area contributed by atoms with Crippen LogP contribution in [0.3, 0.4) is 0 Å². The van der Waals surface area contributed by atoms with Crippen molar-refractivity contribution in [2.24, 2.45) is 0 Å². The summed E-state index contributed by atoms with van der Waals surface area (Å²) in [5.74, 6) is -0.628. The van der Waals surface area contributed by atoms with E-state index in [2.05, 4.69) is 24.1 Å². The molecule has 0 saturated heterocycles. The first-order valence-electron chi connectivity index (χ1n) is 9.95. The van der Waals surface area contributed by atoms with E-state index >= 15 is 0 Å². The Kier molecular flexibility index (Phi) is 7.93. The van der Waals surface area contributed by atoms with Gasteiger partial charge in [0.1, 0.15) is 11.6 Å². The maximum Gasteiger partial charge on any atom is 0.306 e. The summed E-state index contributed by atoms with van der Waals surface area (Å²) in [6, 6.07) is 9.46. The molecule has 30 heavy (non-hydrogen) atoms. The zero-order valence-electron chi connectivity index (χ0n) is 17.8. The first kappa shape index (κ1) is 22.9. The standard InChI is InChI=1S/C23H27N3O4/c1-5-14(2)17-8-6-7-9-20(17)26-21(27)13-30-22(28)11-10-18-15(3)19(12-24)23(29)25-16(18)4/h6-9,14H,5,10-11,13H2,1-4H3,(H,25,29)(H,26,27)/t14-/m0/s1. The summed E-state index contributed by atoms with van der Waals surface area (Å²) in [7, 11) is 0. The van der Waals surface area contributed by atoms with Crippen molar-refractivity contribution in [2.45, 2.75) is 52.9 Å². The molecule has 0 aliphatic heterocycles. The van der Waals surface area contributed by atoms with E-state index in [4.69, 9.17) is 10.00 Å². The number of nitriles is 1. The Balaban J connectivity index is 1.93. The van der Waals surface area contributed by atoms with Crippen LogP contribution in [0.15, 0.2) is 29.1 Å². The number of rotatable bonds is 8. The van der Waals surface area contributed by atoms with E-state index in [-0.39, 0.29) is 18.6 Å². The number of aromatic nitrogens is 1. The maximum atomic E-state index is 12.2. The van der Waals surface area contributed by atoms with E-state index in [0.717, 1.165) is 23.2 Å². The molecule has 7 heteroatoms. The third-order valence-corrected chi connectivity index (χ3v) is 5.24. The first-order valence-corrected chi connectivity index (χ1v) is 9.95. The molecule has 0 radical (unpaired) electrons. The topological polar surface area (TPSA) is 112 Å². The average Bonchev–Trinajstić information content (AvgIpc) is 2.72. The average molecular weight is 409 g/mol. The molecule has 2 aromatic rings. The van der Waals surface area contributed by atoms with Gasteiger partial charge in [0.15, 0.2) is 6.61 Å². The minimum atomic E-state index is -0.524. The SMILES string of the molecule is CC[C@H](C)c1ccccc1NC(=O)COC(=O)CCc1c(C)[nH]c(=O)c(C#N)c1C. The van der Waals surface area contributed by atoms with E-state index in [1.165, 1.54) is 0 Å². The highest BCUT2D eigenvalue weighted by Gasteiger charge is 2.15. The molecule has 158 valence electrons. The summed E-state index contributed by atoms with van der Waals surface area (Å²) in [6.45, 7) is 7.20. The number of H-pyrrole nitrogens is 1. The van der Waals surface area contributed by atoms with E-state index < -0.39 is 17.4 Å². The minimum Gasteiger partial charge on any atom is -0.456 e. The summed E-state index contributed by atoms with van der Waals surface area (Å²) in [4.78, 5) is 38.7. The van der Waals surface area contributed by atoms with Crippen molar-refractivity contribution in [1.29, 1.82) is 5.26 Å².